The van der Waals surface area contributed by atoms with Crippen LogP contribution < -0.4 is 9.47 Å². The SMILES string of the molecule is COc1cc(C)c(C)c2c1nc1c2cc(OC)c2c3ccccc3[nH]nc12. The number of ether oxygens (including phenoxy) is 2. The van der Waals surface area contributed by atoms with Crippen molar-refractivity contribution in [3.8, 4) is 11.5 Å². The number of para-hydroxylation sites is 1. The van der Waals surface area contributed by atoms with E-state index in [2.05, 4.69) is 36.2 Å². The summed E-state index contributed by atoms with van der Waals surface area (Å²) < 4.78 is 11.4. The smallest absolute Gasteiger partial charge is 0.145 e. The normalized spacial score (nSPS) is 11.7. The van der Waals surface area contributed by atoms with Crippen molar-refractivity contribution in [3.05, 3.63) is 47.5 Å². The quantitative estimate of drug-likeness (QED) is 0.449. The van der Waals surface area contributed by atoms with E-state index in [1.165, 1.54) is 11.1 Å². The van der Waals surface area contributed by atoms with Gasteiger partial charge >= 0.3 is 0 Å². The van der Waals surface area contributed by atoms with Gasteiger partial charge in [-0.1, -0.05) is 18.2 Å². The molecule has 0 aliphatic carbocycles. The molecule has 5 nitrogen and oxygen atoms in total. The first-order valence-electron chi connectivity index (χ1n) is 8.85. The molecule has 0 saturated heterocycles. The lowest BCUT2D eigenvalue weighted by atomic mass is 10.00. The van der Waals surface area contributed by atoms with Crippen LogP contribution in [0.15, 0.2) is 36.4 Å². The van der Waals surface area contributed by atoms with Crippen LogP contribution in [0.1, 0.15) is 11.1 Å². The molecule has 5 aromatic rings. The van der Waals surface area contributed by atoms with Crippen molar-refractivity contribution in [3.63, 3.8) is 0 Å². The maximum Gasteiger partial charge on any atom is 0.145 e. The minimum absolute atomic E-state index is 0.779. The second-order valence-electron chi connectivity index (χ2n) is 6.82. The lowest BCUT2D eigenvalue weighted by molar-refractivity contribution is 0.418. The largest absolute Gasteiger partial charge is 0.496 e. The monoisotopic (exact) mass is 357 g/mol. The highest BCUT2D eigenvalue weighted by molar-refractivity contribution is 6.23. The number of methoxy groups -OCH3 is 2. The molecule has 0 saturated carbocycles. The Bertz CT molecular complexity index is 1370. The van der Waals surface area contributed by atoms with Crippen LogP contribution in [-0.2, 0) is 0 Å². The molecule has 0 aliphatic heterocycles. The number of aromatic nitrogens is 3. The molecule has 0 fully saturated rings. The van der Waals surface area contributed by atoms with E-state index in [0.29, 0.717) is 0 Å². The van der Waals surface area contributed by atoms with Gasteiger partial charge in [0.1, 0.15) is 28.0 Å². The number of aromatic amines is 1. The molecule has 0 unspecified atom stereocenters. The van der Waals surface area contributed by atoms with Crippen molar-refractivity contribution in [1.82, 2.24) is 15.2 Å². The van der Waals surface area contributed by atoms with E-state index >= 15 is 0 Å². The van der Waals surface area contributed by atoms with Gasteiger partial charge in [-0.3, -0.25) is 5.10 Å². The number of hydrogen-bond acceptors (Lipinski definition) is 4. The Labute approximate surface area is 155 Å². The van der Waals surface area contributed by atoms with E-state index < -0.39 is 0 Å². The number of nitrogens with zero attached hydrogens (tertiary/aromatic N) is 2. The third-order valence-electron chi connectivity index (χ3n) is 5.44. The molecule has 1 N–H and O–H groups in total. The van der Waals surface area contributed by atoms with Gasteiger partial charge in [0.25, 0.3) is 0 Å². The zero-order valence-electron chi connectivity index (χ0n) is 15.7. The molecule has 2 aromatic heterocycles. The van der Waals surface area contributed by atoms with Gasteiger partial charge < -0.3 is 9.47 Å². The Kier molecular flexibility index (Phi) is 3.28. The van der Waals surface area contributed by atoms with E-state index in [4.69, 9.17) is 14.5 Å². The molecular formula is C22H19N3O2. The van der Waals surface area contributed by atoms with Crippen LogP contribution >= 0.6 is 0 Å². The van der Waals surface area contributed by atoms with Crippen LogP contribution in [0.3, 0.4) is 0 Å². The second-order valence-corrected chi connectivity index (χ2v) is 6.82. The van der Waals surface area contributed by atoms with Crippen molar-refractivity contribution in [1.29, 1.82) is 0 Å². The van der Waals surface area contributed by atoms with Crippen LogP contribution in [-0.4, -0.2) is 29.4 Å². The minimum Gasteiger partial charge on any atom is -0.496 e. The predicted molar refractivity (Wildman–Crippen MR) is 109 cm³/mol. The first-order chi connectivity index (χ1) is 13.1. The summed E-state index contributed by atoms with van der Waals surface area (Å²) in [5.74, 6) is 1.57. The summed E-state index contributed by atoms with van der Waals surface area (Å²) in [5, 5.41) is 12.0. The molecule has 134 valence electrons. The van der Waals surface area contributed by atoms with Crippen LogP contribution in [0.2, 0.25) is 0 Å². The van der Waals surface area contributed by atoms with Crippen LogP contribution in [0.4, 0.5) is 0 Å². The van der Waals surface area contributed by atoms with Crippen molar-refractivity contribution in [2.24, 2.45) is 0 Å². The van der Waals surface area contributed by atoms with E-state index in [9.17, 15) is 0 Å². The summed E-state index contributed by atoms with van der Waals surface area (Å²) in [5.41, 5.74) is 5.85. The van der Waals surface area contributed by atoms with Gasteiger partial charge in [-0.15, -0.1) is 0 Å². The fourth-order valence-electron chi connectivity index (χ4n) is 3.96. The van der Waals surface area contributed by atoms with E-state index in [1.807, 2.05) is 24.3 Å². The summed E-state index contributed by atoms with van der Waals surface area (Å²) in [6, 6.07) is 12.2. The number of aryl methyl sites for hydroxylation is 2. The van der Waals surface area contributed by atoms with Gasteiger partial charge in [-0.2, -0.15) is 5.10 Å². The molecule has 3 aromatic carbocycles. The van der Waals surface area contributed by atoms with Crippen molar-refractivity contribution in [2.75, 3.05) is 14.2 Å². The summed E-state index contributed by atoms with van der Waals surface area (Å²) >= 11 is 0. The van der Waals surface area contributed by atoms with Crippen molar-refractivity contribution < 1.29 is 9.47 Å². The third kappa shape index (κ3) is 2.05. The standard InChI is InChI=1S/C22H19N3O2/c1-11-9-17(27-4)21-18(12(11)2)14-10-16(26-3)19-13-7-5-6-8-15(13)24-25-22(19)20(14)23-21/h5-10,24H,1-4H3. The third-order valence-corrected chi connectivity index (χ3v) is 5.44. The van der Waals surface area contributed by atoms with Gasteiger partial charge in [0.2, 0.25) is 0 Å². The highest BCUT2D eigenvalue weighted by Gasteiger charge is 2.20. The topological polar surface area (TPSA) is 60.0 Å². The van der Waals surface area contributed by atoms with Gasteiger partial charge in [0.15, 0.2) is 0 Å². The number of fused-ring (bicyclic) bond motifs is 7. The summed E-state index contributed by atoms with van der Waals surface area (Å²) in [6.07, 6.45) is 0. The molecule has 2 heterocycles. The molecular weight excluding hydrogens is 338 g/mol. The van der Waals surface area contributed by atoms with Crippen LogP contribution in [0.25, 0.3) is 43.6 Å². The number of H-pyrrole nitrogens is 1. The molecule has 0 aliphatic rings. The highest BCUT2D eigenvalue weighted by Crippen LogP contribution is 2.42. The summed E-state index contributed by atoms with van der Waals surface area (Å²) in [6.45, 7) is 4.21. The molecule has 0 spiro atoms. The van der Waals surface area contributed by atoms with E-state index in [0.717, 1.165) is 55.1 Å². The number of rotatable bonds is 2. The zero-order chi connectivity index (χ0) is 18.7. The van der Waals surface area contributed by atoms with E-state index in [-0.39, 0.29) is 0 Å². The summed E-state index contributed by atoms with van der Waals surface area (Å²) in [4.78, 5) is 4.94. The maximum absolute atomic E-state index is 5.78. The summed E-state index contributed by atoms with van der Waals surface area (Å²) in [7, 11) is 3.38. The van der Waals surface area contributed by atoms with Gasteiger partial charge in [0.05, 0.1) is 25.1 Å². The Morgan fingerprint density at radius 3 is 2.37 bits per heavy atom. The minimum atomic E-state index is 0.779. The first-order valence-corrected chi connectivity index (χ1v) is 8.85. The highest BCUT2D eigenvalue weighted by atomic mass is 16.5. The molecule has 0 radical (unpaired) electrons. The Morgan fingerprint density at radius 2 is 1.59 bits per heavy atom. The van der Waals surface area contributed by atoms with Gasteiger partial charge in [-0.25, -0.2) is 4.98 Å². The lowest BCUT2D eigenvalue weighted by Crippen LogP contribution is -1.92. The zero-order valence-corrected chi connectivity index (χ0v) is 15.7. The van der Waals surface area contributed by atoms with Crippen molar-refractivity contribution in [2.45, 2.75) is 13.8 Å². The van der Waals surface area contributed by atoms with Gasteiger partial charge in [0, 0.05) is 16.2 Å². The molecule has 0 amide bonds. The predicted octanol–water partition coefficient (Wildman–Crippen LogP) is 5.05. The van der Waals surface area contributed by atoms with Crippen LogP contribution in [0, 0.1) is 13.8 Å². The fourth-order valence-corrected chi connectivity index (χ4v) is 3.96. The second kappa shape index (κ2) is 5.58. The average Bonchev–Trinajstić information content (AvgIpc) is 3.09. The number of hydrogen-bond donors (Lipinski definition) is 1. The van der Waals surface area contributed by atoms with Gasteiger partial charge in [-0.05, 0) is 43.2 Å². The average molecular weight is 357 g/mol. The Morgan fingerprint density at radius 1 is 0.815 bits per heavy atom. The Hall–Kier alpha value is -3.34. The lowest BCUT2D eigenvalue weighted by Gasteiger charge is -2.10. The number of nitrogens with one attached hydrogen (secondary N) is 1. The number of benzene rings is 3. The van der Waals surface area contributed by atoms with E-state index in [1.54, 1.807) is 14.2 Å². The van der Waals surface area contributed by atoms with Crippen LogP contribution in [0.5, 0.6) is 11.5 Å². The maximum atomic E-state index is 5.78. The first kappa shape index (κ1) is 15.9. The van der Waals surface area contributed by atoms with Crippen molar-refractivity contribution >= 4 is 43.6 Å². The molecule has 0 atom stereocenters. The molecule has 5 heteroatoms. The molecule has 27 heavy (non-hydrogen) atoms. The fraction of sp³-hybridized carbons (Fsp3) is 0.182. The Balaban J connectivity index is 2.08. The molecule has 5 rings (SSSR count). The molecule has 0 bridgehead atoms.